The third-order valence-electron chi connectivity index (χ3n) is 4.85. The quantitative estimate of drug-likeness (QED) is 0.841. The molecule has 0 radical (unpaired) electrons. The molecule has 1 aliphatic rings. The molecule has 1 amide bonds. The van der Waals surface area contributed by atoms with E-state index in [1.807, 2.05) is 0 Å². The van der Waals surface area contributed by atoms with Crippen molar-refractivity contribution < 1.29 is 14.6 Å². The summed E-state index contributed by atoms with van der Waals surface area (Å²) >= 11 is 0. The zero-order chi connectivity index (χ0) is 16.7. The summed E-state index contributed by atoms with van der Waals surface area (Å²) in [6, 6.07) is 10.7. The molecular formula is C19H29NO3. The summed E-state index contributed by atoms with van der Waals surface area (Å²) in [5.74, 6) is 1.25. The highest BCUT2D eigenvalue weighted by molar-refractivity contribution is 5.76. The average Bonchev–Trinajstić information content (AvgIpc) is 2.56. The van der Waals surface area contributed by atoms with Crippen LogP contribution in [0.1, 0.15) is 43.6 Å². The number of carbonyl (C=O) groups is 1. The van der Waals surface area contributed by atoms with Crippen molar-refractivity contribution in [2.24, 2.45) is 5.92 Å². The molecule has 1 aromatic rings. The van der Waals surface area contributed by atoms with E-state index in [-0.39, 0.29) is 12.5 Å². The minimum absolute atomic E-state index is 0.128. The number of ether oxygens (including phenoxy) is 1. The number of hydrogen-bond acceptors (Lipinski definition) is 3. The lowest BCUT2D eigenvalue weighted by Crippen LogP contribution is -2.37. The molecule has 1 unspecified atom stereocenters. The van der Waals surface area contributed by atoms with Gasteiger partial charge in [0.2, 0.25) is 5.91 Å². The van der Waals surface area contributed by atoms with Crippen molar-refractivity contribution >= 4 is 5.91 Å². The lowest BCUT2D eigenvalue weighted by molar-refractivity contribution is -0.132. The van der Waals surface area contributed by atoms with Gasteiger partial charge in [-0.25, -0.2) is 0 Å². The number of carbonyl (C=O) groups excluding carboxylic acids is 1. The van der Waals surface area contributed by atoms with Gasteiger partial charge in [-0.3, -0.25) is 4.79 Å². The van der Waals surface area contributed by atoms with Crippen LogP contribution in [0.2, 0.25) is 0 Å². The molecule has 1 aromatic carbocycles. The van der Waals surface area contributed by atoms with Crippen LogP contribution >= 0.6 is 0 Å². The molecule has 1 N–H and O–H groups in total. The van der Waals surface area contributed by atoms with Crippen molar-refractivity contribution in [2.75, 3.05) is 27.3 Å². The van der Waals surface area contributed by atoms with Gasteiger partial charge < -0.3 is 14.7 Å². The minimum Gasteiger partial charge on any atom is -0.389 e. The fourth-order valence-electron chi connectivity index (χ4n) is 3.49. The summed E-state index contributed by atoms with van der Waals surface area (Å²) in [4.78, 5) is 13.9. The Balaban J connectivity index is 1.74. The van der Waals surface area contributed by atoms with Crippen LogP contribution in [0.15, 0.2) is 30.3 Å². The molecule has 0 bridgehead atoms. The normalized spacial score (nSPS) is 22.6. The van der Waals surface area contributed by atoms with Crippen LogP contribution in [0.3, 0.4) is 0 Å². The Kier molecular flexibility index (Phi) is 7.06. The van der Waals surface area contributed by atoms with Crippen LogP contribution in [-0.4, -0.2) is 49.3 Å². The molecule has 0 heterocycles. The Hall–Kier alpha value is -1.39. The monoisotopic (exact) mass is 319 g/mol. The number of benzene rings is 1. The fraction of sp³-hybridized carbons (Fsp3) is 0.632. The Morgan fingerprint density at radius 2 is 1.91 bits per heavy atom. The van der Waals surface area contributed by atoms with Crippen LogP contribution in [0.25, 0.3) is 0 Å². The van der Waals surface area contributed by atoms with E-state index < -0.39 is 6.10 Å². The maximum Gasteiger partial charge on any atom is 0.222 e. The smallest absolute Gasteiger partial charge is 0.222 e. The Morgan fingerprint density at radius 1 is 1.26 bits per heavy atom. The van der Waals surface area contributed by atoms with Crippen LogP contribution in [0, 0.1) is 5.92 Å². The van der Waals surface area contributed by atoms with Gasteiger partial charge in [0.25, 0.3) is 0 Å². The van der Waals surface area contributed by atoms with E-state index >= 15 is 0 Å². The summed E-state index contributed by atoms with van der Waals surface area (Å²) in [5.41, 5.74) is 1.43. The second-order valence-electron chi connectivity index (χ2n) is 6.72. The van der Waals surface area contributed by atoms with Crippen molar-refractivity contribution in [3.63, 3.8) is 0 Å². The molecule has 2 rings (SSSR count). The predicted octanol–water partition coefficient (Wildman–Crippen LogP) is 2.82. The number of likely N-dealkylation sites (N-methyl/N-ethyl adjacent to an activating group) is 1. The van der Waals surface area contributed by atoms with Crippen molar-refractivity contribution in [3.05, 3.63) is 35.9 Å². The topological polar surface area (TPSA) is 49.8 Å². The van der Waals surface area contributed by atoms with Gasteiger partial charge in [0.1, 0.15) is 0 Å². The maximum absolute atomic E-state index is 12.3. The average molecular weight is 319 g/mol. The van der Waals surface area contributed by atoms with E-state index in [1.165, 1.54) is 5.56 Å². The molecule has 1 fully saturated rings. The second kappa shape index (κ2) is 9.04. The van der Waals surface area contributed by atoms with Gasteiger partial charge in [0, 0.05) is 27.1 Å². The first-order valence-electron chi connectivity index (χ1n) is 8.56. The van der Waals surface area contributed by atoms with Gasteiger partial charge in [0.15, 0.2) is 0 Å². The first kappa shape index (κ1) is 18.0. The van der Waals surface area contributed by atoms with E-state index in [2.05, 4.69) is 30.3 Å². The van der Waals surface area contributed by atoms with E-state index in [0.717, 1.165) is 25.7 Å². The van der Waals surface area contributed by atoms with E-state index in [0.29, 0.717) is 24.8 Å². The van der Waals surface area contributed by atoms with Crippen LogP contribution in [0.4, 0.5) is 0 Å². The lowest BCUT2D eigenvalue weighted by atomic mass is 9.77. The summed E-state index contributed by atoms with van der Waals surface area (Å²) < 4.78 is 4.90. The summed E-state index contributed by atoms with van der Waals surface area (Å²) in [7, 11) is 3.31. The van der Waals surface area contributed by atoms with Crippen LogP contribution < -0.4 is 0 Å². The molecule has 128 valence electrons. The number of hydrogen-bond donors (Lipinski definition) is 1. The highest BCUT2D eigenvalue weighted by Gasteiger charge is 2.25. The Morgan fingerprint density at radius 3 is 2.52 bits per heavy atom. The molecule has 0 aromatic heterocycles. The largest absolute Gasteiger partial charge is 0.389 e. The van der Waals surface area contributed by atoms with Crippen molar-refractivity contribution in [1.82, 2.24) is 4.90 Å². The number of amides is 1. The van der Waals surface area contributed by atoms with E-state index in [9.17, 15) is 9.90 Å². The standard InChI is InChI=1S/C19H29NO3/c1-20(13-18(21)14-23-2)19(22)12-15-8-10-17(11-9-15)16-6-4-3-5-7-16/h3-7,15,17-18,21H,8-14H2,1-2H3. The van der Waals surface area contributed by atoms with Gasteiger partial charge in [-0.1, -0.05) is 30.3 Å². The summed E-state index contributed by atoms with van der Waals surface area (Å²) in [5, 5.41) is 9.72. The molecule has 4 nitrogen and oxygen atoms in total. The number of aliphatic hydroxyl groups excluding tert-OH is 1. The van der Waals surface area contributed by atoms with Crippen molar-refractivity contribution in [3.8, 4) is 0 Å². The third-order valence-corrected chi connectivity index (χ3v) is 4.85. The minimum atomic E-state index is -0.609. The highest BCUT2D eigenvalue weighted by Crippen LogP contribution is 2.37. The maximum atomic E-state index is 12.3. The first-order chi connectivity index (χ1) is 11.1. The molecule has 1 saturated carbocycles. The van der Waals surface area contributed by atoms with Gasteiger partial charge in [-0.05, 0) is 43.1 Å². The number of rotatable bonds is 7. The molecule has 1 atom stereocenters. The molecule has 0 spiro atoms. The van der Waals surface area contributed by atoms with Gasteiger partial charge in [-0.15, -0.1) is 0 Å². The molecule has 0 saturated heterocycles. The van der Waals surface area contributed by atoms with E-state index in [4.69, 9.17) is 4.74 Å². The number of aliphatic hydroxyl groups is 1. The van der Waals surface area contributed by atoms with E-state index in [1.54, 1.807) is 19.1 Å². The predicted molar refractivity (Wildman–Crippen MR) is 91.3 cm³/mol. The van der Waals surface area contributed by atoms with Gasteiger partial charge in [0.05, 0.1) is 12.7 Å². The summed E-state index contributed by atoms with van der Waals surface area (Å²) in [6.07, 6.45) is 4.54. The lowest BCUT2D eigenvalue weighted by Gasteiger charge is -2.30. The zero-order valence-corrected chi connectivity index (χ0v) is 14.3. The summed E-state index contributed by atoms with van der Waals surface area (Å²) in [6.45, 7) is 0.603. The molecule has 23 heavy (non-hydrogen) atoms. The SMILES string of the molecule is COCC(O)CN(C)C(=O)CC1CCC(c2ccccc2)CC1. The molecule has 1 aliphatic carbocycles. The second-order valence-corrected chi connectivity index (χ2v) is 6.72. The van der Waals surface area contributed by atoms with Crippen molar-refractivity contribution in [2.45, 2.75) is 44.1 Å². The Bertz CT molecular complexity index is 469. The third kappa shape index (κ3) is 5.63. The number of methoxy groups -OCH3 is 1. The molecule has 4 heteroatoms. The van der Waals surface area contributed by atoms with Crippen LogP contribution in [0.5, 0.6) is 0 Å². The highest BCUT2D eigenvalue weighted by atomic mass is 16.5. The molecular weight excluding hydrogens is 290 g/mol. The fourth-order valence-corrected chi connectivity index (χ4v) is 3.49. The Labute approximate surface area is 139 Å². The molecule has 0 aliphatic heterocycles. The van der Waals surface area contributed by atoms with Gasteiger partial charge in [-0.2, -0.15) is 0 Å². The van der Waals surface area contributed by atoms with Crippen LogP contribution in [-0.2, 0) is 9.53 Å². The van der Waals surface area contributed by atoms with Gasteiger partial charge >= 0.3 is 0 Å². The van der Waals surface area contributed by atoms with Crippen molar-refractivity contribution in [1.29, 1.82) is 0 Å². The number of nitrogens with zero attached hydrogens (tertiary/aromatic N) is 1. The first-order valence-corrected chi connectivity index (χ1v) is 8.56. The zero-order valence-electron chi connectivity index (χ0n) is 14.3.